The lowest BCUT2D eigenvalue weighted by Gasteiger charge is -2.09. The van der Waals surface area contributed by atoms with Crippen LogP contribution in [-0.2, 0) is 0 Å². The maximum absolute atomic E-state index is 13.9. The number of nitrogens with zero attached hydrogens (tertiary/aromatic N) is 1. The highest BCUT2D eigenvalue weighted by atomic mass is 79.9. The van der Waals surface area contributed by atoms with Gasteiger partial charge in [-0.1, -0.05) is 11.6 Å². The smallest absolute Gasteiger partial charge is 0.162 e. The highest BCUT2D eigenvalue weighted by Crippen LogP contribution is 2.29. The molecule has 0 unspecified atom stereocenters. The molecule has 2 rings (SSSR count). The highest BCUT2D eigenvalue weighted by molar-refractivity contribution is 9.10. The van der Waals surface area contributed by atoms with Crippen LogP contribution in [0, 0.1) is 23.0 Å². The summed E-state index contributed by atoms with van der Waals surface area (Å²) in [4.78, 5) is 0. The van der Waals surface area contributed by atoms with Crippen molar-refractivity contribution in [3.63, 3.8) is 0 Å². The molecule has 6 heteroatoms. The van der Waals surface area contributed by atoms with Gasteiger partial charge in [-0.05, 0) is 46.3 Å². The lowest BCUT2D eigenvalue weighted by Crippen LogP contribution is -1.96. The Morgan fingerprint density at radius 2 is 1.95 bits per heavy atom. The number of hydrogen-bond acceptors (Lipinski definition) is 2. The van der Waals surface area contributed by atoms with Crippen LogP contribution >= 0.6 is 27.5 Å². The zero-order chi connectivity index (χ0) is 14.0. The van der Waals surface area contributed by atoms with Crippen molar-refractivity contribution in [3.05, 3.63) is 57.0 Å². The second-order valence-corrected chi connectivity index (χ2v) is 4.85. The fraction of sp³-hybridized carbons (Fsp3) is 0. The Balaban J connectivity index is 2.36. The SMILES string of the molecule is N#Cc1ccc(Nc2ccc(Cl)c(F)c2)c(F)c1Br. The number of nitrogens with one attached hydrogen (secondary N) is 1. The van der Waals surface area contributed by atoms with Crippen LogP contribution in [0.15, 0.2) is 34.8 Å². The quantitative estimate of drug-likeness (QED) is 0.833. The Kier molecular flexibility index (Phi) is 4.03. The van der Waals surface area contributed by atoms with Crippen molar-refractivity contribution in [3.8, 4) is 6.07 Å². The van der Waals surface area contributed by atoms with Crippen molar-refractivity contribution in [2.75, 3.05) is 5.32 Å². The van der Waals surface area contributed by atoms with E-state index in [1.54, 1.807) is 0 Å². The summed E-state index contributed by atoms with van der Waals surface area (Å²) in [7, 11) is 0. The summed E-state index contributed by atoms with van der Waals surface area (Å²) in [5, 5.41) is 11.5. The minimum absolute atomic E-state index is 0.00738. The van der Waals surface area contributed by atoms with E-state index in [1.165, 1.54) is 24.3 Å². The average molecular weight is 344 g/mol. The molecule has 0 aliphatic carbocycles. The topological polar surface area (TPSA) is 35.8 Å². The lowest BCUT2D eigenvalue weighted by atomic mass is 10.2. The Morgan fingerprint density at radius 1 is 1.21 bits per heavy atom. The summed E-state index contributed by atoms with van der Waals surface area (Å²) in [6.45, 7) is 0. The van der Waals surface area contributed by atoms with E-state index in [0.717, 1.165) is 6.07 Å². The average Bonchev–Trinajstić information content (AvgIpc) is 2.40. The monoisotopic (exact) mass is 342 g/mol. The molecule has 19 heavy (non-hydrogen) atoms. The molecule has 0 aliphatic heterocycles. The van der Waals surface area contributed by atoms with E-state index in [1.807, 2.05) is 6.07 Å². The van der Waals surface area contributed by atoms with Crippen LogP contribution < -0.4 is 5.32 Å². The largest absolute Gasteiger partial charge is 0.353 e. The summed E-state index contributed by atoms with van der Waals surface area (Å²) < 4.78 is 27.3. The molecule has 2 aromatic carbocycles. The fourth-order valence-corrected chi connectivity index (χ4v) is 2.01. The number of halogens is 4. The third-order valence-electron chi connectivity index (χ3n) is 2.40. The summed E-state index contributed by atoms with van der Waals surface area (Å²) in [6, 6.07) is 8.78. The molecular formula is C13H6BrClF2N2. The number of hydrogen-bond donors (Lipinski definition) is 1. The summed E-state index contributed by atoms with van der Waals surface area (Å²) >= 11 is 8.56. The Labute approximate surface area is 121 Å². The van der Waals surface area contributed by atoms with Gasteiger partial charge in [0.1, 0.15) is 11.9 Å². The van der Waals surface area contributed by atoms with Crippen LogP contribution in [0.25, 0.3) is 0 Å². The Hall–Kier alpha value is -1.64. The van der Waals surface area contributed by atoms with Gasteiger partial charge in [0.15, 0.2) is 5.82 Å². The third-order valence-corrected chi connectivity index (χ3v) is 3.48. The molecule has 2 aromatic rings. The normalized spacial score (nSPS) is 10.1. The summed E-state index contributed by atoms with van der Waals surface area (Å²) in [5.41, 5.74) is 0.676. The molecular weight excluding hydrogens is 338 g/mol. The maximum Gasteiger partial charge on any atom is 0.162 e. The first-order valence-electron chi connectivity index (χ1n) is 5.13. The van der Waals surface area contributed by atoms with Crippen LogP contribution in [0.4, 0.5) is 20.2 Å². The van der Waals surface area contributed by atoms with Gasteiger partial charge in [-0.3, -0.25) is 0 Å². The van der Waals surface area contributed by atoms with Gasteiger partial charge in [0.25, 0.3) is 0 Å². The van der Waals surface area contributed by atoms with E-state index in [4.69, 9.17) is 16.9 Å². The maximum atomic E-state index is 13.9. The molecule has 1 N–H and O–H groups in total. The molecule has 0 amide bonds. The molecule has 0 spiro atoms. The molecule has 0 saturated carbocycles. The fourth-order valence-electron chi connectivity index (χ4n) is 1.46. The van der Waals surface area contributed by atoms with Crippen LogP contribution in [0.2, 0.25) is 5.02 Å². The first-order valence-corrected chi connectivity index (χ1v) is 6.30. The van der Waals surface area contributed by atoms with Crippen molar-refractivity contribution in [1.82, 2.24) is 0 Å². The van der Waals surface area contributed by atoms with Crippen LogP contribution in [0.5, 0.6) is 0 Å². The number of rotatable bonds is 2. The first kappa shape index (κ1) is 13.8. The van der Waals surface area contributed by atoms with Gasteiger partial charge in [0.2, 0.25) is 0 Å². The molecule has 0 radical (unpaired) electrons. The van der Waals surface area contributed by atoms with Gasteiger partial charge in [0, 0.05) is 5.69 Å². The number of benzene rings is 2. The molecule has 0 atom stereocenters. The van der Waals surface area contributed by atoms with Crippen molar-refractivity contribution >= 4 is 38.9 Å². The van der Waals surface area contributed by atoms with Gasteiger partial charge >= 0.3 is 0 Å². The zero-order valence-electron chi connectivity index (χ0n) is 9.35. The lowest BCUT2D eigenvalue weighted by molar-refractivity contribution is 0.623. The second-order valence-electron chi connectivity index (χ2n) is 3.65. The minimum atomic E-state index is -0.616. The predicted molar refractivity (Wildman–Crippen MR) is 73.5 cm³/mol. The molecule has 2 nitrogen and oxygen atoms in total. The van der Waals surface area contributed by atoms with E-state index in [2.05, 4.69) is 21.2 Å². The molecule has 0 saturated heterocycles. The van der Waals surface area contributed by atoms with E-state index < -0.39 is 11.6 Å². The van der Waals surface area contributed by atoms with Gasteiger partial charge < -0.3 is 5.32 Å². The Morgan fingerprint density at radius 3 is 2.58 bits per heavy atom. The van der Waals surface area contributed by atoms with Crippen molar-refractivity contribution in [1.29, 1.82) is 5.26 Å². The third kappa shape index (κ3) is 2.86. The number of anilines is 2. The van der Waals surface area contributed by atoms with E-state index >= 15 is 0 Å². The van der Waals surface area contributed by atoms with E-state index in [9.17, 15) is 8.78 Å². The minimum Gasteiger partial charge on any atom is -0.353 e. The number of nitriles is 1. The van der Waals surface area contributed by atoms with Crippen molar-refractivity contribution in [2.45, 2.75) is 0 Å². The molecule has 0 fully saturated rings. The Bertz CT molecular complexity index is 683. The standard InChI is InChI=1S/C13H6BrClF2N2/c14-12-7(6-18)1-4-11(13(12)17)19-8-2-3-9(15)10(16)5-8/h1-5,19H. The second kappa shape index (κ2) is 5.55. The molecule has 0 bridgehead atoms. The summed E-state index contributed by atoms with van der Waals surface area (Å²) in [5.74, 6) is -1.21. The first-order chi connectivity index (χ1) is 9.02. The van der Waals surface area contributed by atoms with Crippen LogP contribution in [-0.4, -0.2) is 0 Å². The van der Waals surface area contributed by atoms with Crippen LogP contribution in [0.1, 0.15) is 5.56 Å². The summed E-state index contributed by atoms with van der Waals surface area (Å²) in [6.07, 6.45) is 0. The van der Waals surface area contributed by atoms with E-state index in [0.29, 0.717) is 5.69 Å². The molecule has 96 valence electrons. The molecule has 0 aliphatic rings. The van der Waals surface area contributed by atoms with E-state index in [-0.39, 0.29) is 20.7 Å². The van der Waals surface area contributed by atoms with Crippen molar-refractivity contribution in [2.24, 2.45) is 0 Å². The molecule has 0 heterocycles. The van der Waals surface area contributed by atoms with Crippen molar-refractivity contribution < 1.29 is 8.78 Å². The predicted octanol–water partition coefficient (Wildman–Crippen LogP) is 5.00. The van der Waals surface area contributed by atoms with Crippen LogP contribution in [0.3, 0.4) is 0 Å². The van der Waals surface area contributed by atoms with Gasteiger partial charge in [0.05, 0.1) is 20.7 Å². The van der Waals surface area contributed by atoms with Gasteiger partial charge in [-0.2, -0.15) is 5.26 Å². The van der Waals surface area contributed by atoms with Gasteiger partial charge in [-0.25, -0.2) is 8.78 Å². The van der Waals surface area contributed by atoms with Gasteiger partial charge in [-0.15, -0.1) is 0 Å². The molecule has 0 aromatic heterocycles. The highest BCUT2D eigenvalue weighted by Gasteiger charge is 2.11. The zero-order valence-corrected chi connectivity index (χ0v) is 11.7.